The Morgan fingerprint density at radius 1 is 1.00 bits per heavy atom. The van der Waals surface area contributed by atoms with Gasteiger partial charge in [-0.3, -0.25) is 9.69 Å². The van der Waals surface area contributed by atoms with Crippen molar-refractivity contribution < 1.29 is 22.4 Å². The molecule has 3 nitrogen and oxygen atoms in total. The maximum Gasteiger partial charge on any atom is 0.416 e. The van der Waals surface area contributed by atoms with Gasteiger partial charge in [0, 0.05) is 13.1 Å². The lowest BCUT2D eigenvalue weighted by Gasteiger charge is -2.17. The topological polar surface area (TPSA) is 32.3 Å². The molecule has 1 N–H and O–H groups in total. The number of hydrogen-bond acceptors (Lipinski definition) is 2. The zero-order valence-electron chi connectivity index (χ0n) is 13.6. The van der Waals surface area contributed by atoms with Crippen LogP contribution >= 0.6 is 0 Å². The standard InChI is InChI=1S/C18H18F4N2O/c1-24(11-14-2-6-15(7-3-14)18(20,21)22)12-17(25)23-10-13-4-8-16(19)9-5-13/h2-9H,10-12H2,1H3,(H,23,25). The Kier molecular flexibility index (Phi) is 6.14. The van der Waals surface area contributed by atoms with Crippen LogP contribution in [0.1, 0.15) is 16.7 Å². The quantitative estimate of drug-likeness (QED) is 0.804. The molecule has 0 aromatic heterocycles. The highest BCUT2D eigenvalue weighted by Gasteiger charge is 2.29. The fraction of sp³-hybridized carbons (Fsp3) is 0.278. The van der Waals surface area contributed by atoms with E-state index >= 15 is 0 Å². The second-order valence-electron chi connectivity index (χ2n) is 5.77. The van der Waals surface area contributed by atoms with Gasteiger partial charge in [-0.1, -0.05) is 24.3 Å². The number of nitrogens with one attached hydrogen (secondary N) is 1. The molecule has 0 saturated carbocycles. The van der Waals surface area contributed by atoms with Gasteiger partial charge >= 0.3 is 6.18 Å². The molecule has 0 fully saturated rings. The third-order valence-electron chi connectivity index (χ3n) is 3.55. The van der Waals surface area contributed by atoms with Crippen molar-refractivity contribution >= 4 is 5.91 Å². The molecule has 25 heavy (non-hydrogen) atoms. The van der Waals surface area contributed by atoms with Crippen molar-refractivity contribution in [2.45, 2.75) is 19.3 Å². The molecule has 2 aromatic rings. The molecule has 2 rings (SSSR count). The molecule has 0 spiro atoms. The lowest BCUT2D eigenvalue weighted by molar-refractivity contribution is -0.137. The van der Waals surface area contributed by atoms with Crippen LogP contribution in [0.5, 0.6) is 0 Å². The molecular weight excluding hydrogens is 336 g/mol. The van der Waals surface area contributed by atoms with Crippen LogP contribution in [0.15, 0.2) is 48.5 Å². The van der Waals surface area contributed by atoms with Gasteiger partial charge in [-0.05, 0) is 42.4 Å². The highest BCUT2D eigenvalue weighted by molar-refractivity contribution is 5.77. The summed E-state index contributed by atoms with van der Waals surface area (Å²) in [7, 11) is 1.70. The molecule has 0 aliphatic rings. The predicted molar refractivity (Wildman–Crippen MR) is 86.0 cm³/mol. The van der Waals surface area contributed by atoms with Crippen LogP contribution < -0.4 is 5.32 Å². The third-order valence-corrected chi connectivity index (χ3v) is 3.55. The summed E-state index contributed by atoms with van der Waals surface area (Å²) < 4.78 is 50.3. The third kappa shape index (κ3) is 6.19. The molecule has 0 atom stereocenters. The summed E-state index contributed by atoms with van der Waals surface area (Å²) >= 11 is 0. The molecular formula is C18H18F4N2O. The van der Waals surface area contributed by atoms with Gasteiger partial charge in [-0.25, -0.2) is 4.39 Å². The van der Waals surface area contributed by atoms with Crippen molar-refractivity contribution in [1.82, 2.24) is 10.2 Å². The Hall–Kier alpha value is -2.41. The Morgan fingerprint density at radius 2 is 1.56 bits per heavy atom. The van der Waals surface area contributed by atoms with Crippen molar-refractivity contribution in [3.8, 4) is 0 Å². The van der Waals surface area contributed by atoms with Gasteiger partial charge in [0.2, 0.25) is 5.91 Å². The number of nitrogens with zero attached hydrogens (tertiary/aromatic N) is 1. The van der Waals surface area contributed by atoms with Crippen LogP contribution in [-0.2, 0) is 24.1 Å². The number of carbonyl (C=O) groups is 1. The van der Waals surface area contributed by atoms with E-state index in [1.54, 1.807) is 24.1 Å². The van der Waals surface area contributed by atoms with Gasteiger partial charge in [0.25, 0.3) is 0 Å². The molecule has 7 heteroatoms. The second kappa shape index (κ2) is 8.11. The molecule has 0 aliphatic carbocycles. The zero-order valence-corrected chi connectivity index (χ0v) is 13.6. The average Bonchev–Trinajstić information content (AvgIpc) is 2.54. The predicted octanol–water partition coefficient (Wildman–Crippen LogP) is 3.59. The first-order valence-electron chi connectivity index (χ1n) is 7.60. The lowest BCUT2D eigenvalue weighted by Crippen LogP contribution is -2.34. The molecule has 0 saturated heterocycles. The minimum absolute atomic E-state index is 0.0994. The Balaban J connectivity index is 1.80. The first-order valence-corrected chi connectivity index (χ1v) is 7.60. The molecule has 0 bridgehead atoms. The Labute approximate surface area is 143 Å². The molecule has 1 amide bonds. The van der Waals surface area contributed by atoms with Crippen LogP contribution in [0.3, 0.4) is 0 Å². The fourth-order valence-corrected chi connectivity index (χ4v) is 2.27. The van der Waals surface area contributed by atoms with Crippen molar-refractivity contribution in [2.24, 2.45) is 0 Å². The van der Waals surface area contributed by atoms with Crippen molar-refractivity contribution in [1.29, 1.82) is 0 Å². The Bertz CT molecular complexity index is 697. The highest BCUT2D eigenvalue weighted by atomic mass is 19.4. The summed E-state index contributed by atoms with van der Waals surface area (Å²) in [4.78, 5) is 13.6. The second-order valence-corrected chi connectivity index (χ2v) is 5.77. The molecule has 0 heterocycles. The van der Waals surface area contributed by atoms with E-state index in [0.717, 1.165) is 17.7 Å². The van der Waals surface area contributed by atoms with Crippen LogP contribution in [0.4, 0.5) is 17.6 Å². The number of amides is 1. The zero-order chi connectivity index (χ0) is 18.4. The number of alkyl halides is 3. The van der Waals surface area contributed by atoms with Crippen molar-refractivity contribution in [2.75, 3.05) is 13.6 Å². The van der Waals surface area contributed by atoms with E-state index in [4.69, 9.17) is 0 Å². The molecule has 2 aromatic carbocycles. The van der Waals surface area contributed by atoms with E-state index in [2.05, 4.69) is 5.32 Å². The summed E-state index contributed by atoms with van der Waals surface area (Å²) in [6.45, 7) is 0.734. The molecule has 0 radical (unpaired) electrons. The minimum atomic E-state index is -4.36. The van der Waals surface area contributed by atoms with Gasteiger partial charge < -0.3 is 5.32 Å². The summed E-state index contributed by atoms with van der Waals surface area (Å²) in [5.41, 5.74) is 0.762. The maximum absolute atomic E-state index is 12.8. The van der Waals surface area contributed by atoms with Crippen LogP contribution in [0, 0.1) is 5.82 Å². The number of rotatable bonds is 6. The van der Waals surface area contributed by atoms with Gasteiger partial charge in [-0.2, -0.15) is 13.2 Å². The van der Waals surface area contributed by atoms with E-state index in [1.807, 2.05) is 0 Å². The monoisotopic (exact) mass is 354 g/mol. The van der Waals surface area contributed by atoms with Crippen LogP contribution in [0.2, 0.25) is 0 Å². The normalized spacial score (nSPS) is 11.6. The summed E-state index contributed by atoms with van der Waals surface area (Å²) in [5, 5.41) is 2.71. The number of benzene rings is 2. The van der Waals surface area contributed by atoms with Gasteiger partial charge in [0.1, 0.15) is 5.82 Å². The Morgan fingerprint density at radius 3 is 2.12 bits per heavy atom. The van der Waals surface area contributed by atoms with E-state index in [1.165, 1.54) is 24.3 Å². The first kappa shape index (κ1) is 18.9. The SMILES string of the molecule is CN(CC(=O)NCc1ccc(F)cc1)Cc1ccc(C(F)(F)F)cc1. The maximum atomic E-state index is 12.8. The van der Waals surface area contributed by atoms with Gasteiger partial charge in [-0.15, -0.1) is 0 Å². The van der Waals surface area contributed by atoms with Gasteiger partial charge in [0.05, 0.1) is 12.1 Å². The lowest BCUT2D eigenvalue weighted by atomic mass is 10.1. The van der Waals surface area contributed by atoms with E-state index < -0.39 is 11.7 Å². The summed E-state index contributed by atoms with van der Waals surface area (Å²) in [5.74, 6) is -0.565. The number of carbonyl (C=O) groups excluding carboxylic acids is 1. The minimum Gasteiger partial charge on any atom is -0.351 e. The largest absolute Gasteiger partial charge is 0.416 e. The number of hydrogen-bond donors (Lipinski definition) is 1. The highest BCUT2D eigenvalue weighted by Crippen LogP contribution is 2.29. The molecule has 0 unspecified atom stereocenters. The van der Waals surface area contributed by atoms with Crippen molar-refractivity contribution in [3.63, 3.8) is 0 Å². The van der Waals surface area contributed by atoms with Crippen LogP contribution in [0.25, 0.3) is 0 Å². The molecule has 0 aliphatic heterocycles. The fourth-order valence-electron chi connectivity index (χ4n) is 2.27. The van der Waals surface area contributed by atoms with E-state index in [-0.39, 0.29) is 24.8 Å². The van der Waals surface area contributed by atoms with E-state index in [9.17, 15) is 22.4 Å². The summed E-state index contributed by atoms with van der Waals surface area (Å²) in [6.07, 6.45) is -4.36. The number of halogens is 4. The molecule has 134 valence electrons. The van der Waals surface area contributed by atoms with Crippen molar-refractivity contribution in [3.05, 3.63) is 71.0 Å². The summed E-state index contributed by atoms with van der Waals surface area (Å²) in [6, 6.07) is 10.7. The van der Waals surface area contributed by atoms with Gasteiger partial charge in [0.15, 0.2) is 0 Å². The average molecular weight is 354 g/mol. The smallest absolute Gasteiger partial charge is 0.351 e. The van der Waals surface area contributed by atoms with E-state index in [0.29, 0.717) is 12.1 Å². The first-order chi connectivity index (χ1) is 11.7. The van der Waals surface area contributed by atoms with Crippen LogP contribution in [-0.4, -0.2) is 24.4 Å². The number of likely N-dealkylation sites (N-methyl/N-ethyl adjacent to an activating group) is 1.